The van der Waals surface area contributed by atoms with Gasteiger partial charge >= 0.3 is 0 Å². The number of aliphatic hydroxyl groups excluding tert-OH is 2. The van der Waals surface area contributed by atoms with Crippen LogP contribution in [0.5, 0.6) is 0 Å². The normalized spacial score (nSPS) is 50.7. The highest BCUT2D eigenvalue weighted by molar-refractivity contribution is 5.91. The average molecular weight is 324 g/mol. The van der Waals surface area contributed by atoms with E-state index in [0.29, 0.717) is 0 Å². The molecule has 23 heavy (non-hydrogen) atoms. The lowest BCUT2D eigenvalue weighted by Gasteiger charge is -2.51. The van der Waals surface area contributed by atoms with Crippen molar-refractivity contribution in [2.45, 2.75) is 63.1 Å². The molecule has 6 nitrogen and oxygen atoms in total. The van der Waals surface area contributed by atoms with E-state index in [1.165, 1.54) is 12.2 Å². The molecular formula is C17H24O6. The zero-order valence-corrected chi connectivity index (χ0v) is 13.4. The molecule has 2 aliphatic carbocycles. The largest absolute Gasteiger partial charge is 0.392 e. The van der Waals surface area contributed by atoms with E-state index in [1.54, 1.807) is 13.8 Å². The first-order chi connectivity index (χ1) is 10.7. The van der Waals surface area contributed by atoms with E-state index in [4.69, 9.17) is 4.74 Å². The minimum Gasteiger partial charge on any atom is -0.392 e. The summed E-state index contributed by atoms with van der Waals surface area (Å²) in [5, 5.41) is 31.4. The van der Waals surface area contributed by atoms with Gasteiger partial charge in [-0.05, 0) is 18.6 Å². The first kappa shape index (κ1) is 16.8. The molecule has 3 aliphatic rings. The Hall–Kier alpha value is -1.08. The summed E-state index contributed by atoms with van der Waals surface area (Å²) in [5.41, 5.74) is -1.35. The average Bonchev–Trinajstić information content (AvgIpc) is 2.53. The van der Waals surface area contributed by atoms with Gasteiger partial charge in [-0.2, -0.15) is 0 Å². The van der Waals surface area contributed by atoms with Crippen LogP contribution < -0.4 is 0 Å². The second kappa shape index (κ2) is 5.77. The molecule has 0 radical (unpaired) electrons. The number of ether oxygens (including phenoxy) is 1. The topological polar surface area (TPSA) is 104 Å². The maximum absolute atomic E-state index is 12.6. The minimum atomic E-state index is -1.35. The summed E-state index contributed by atoms with van der Waals surface area (Å²) < 4.78 is 5.99. The number of Topliss-reactive ketones (excluding diaryl/α,β-unsaturated/α-hetero) is 1. The molecule has 3 rings (SSSR count). The zero-order valence-electron chi connectivity index (χ0n) is 13.4. The molecule has 1 aliphatic heterocycles. The fourth-order valence-electron chi connectivity index (χ4n) is 4.15. The van der Waals surface area contributed by atoms with Gasteiger partial charge in [0.15, 0.2) is 5.78 Å². The van der Waals surface area contributed by atoms with Gasteiger partial charge in [0.05, 0.1) is 30.3 Å². The lowest BCUT2D eigenvalue weighted by Crippen LogP contribution is -2.63. The summed E-state index contributed by atoms with van der Waals surface area (Å²) >= 11 is 0. The Bertz CT molecular complexity index is 543. The molecule has 1 saturated carbocycles. The monoisotopic (exact) mass is 324 g/mol. The van der Waals surface area contributed by atoms with Crippen molar-refractivity contribution in [2.75, 3.05) is 0 Å². The van der Waals surface area contributed by atoms with E-state index in [-0.39, 0.29) is 36.7 Å². The summed E-state index contributed by atoms with van der Waals surface area (Å²) in [6.45, 7) is 3.52. The van der Waals surface area contributed by atoms with Crippen LogP contribution in [0, 0.1) is 17.8 Å². The number of carbonyl (C=O) groups excluding carboxylic acids is 2. The van der Waals surface area contributed by atoms with E-state index in [2.05, 4.69) is 0 Å². The second-order valence-electron chi connectivity index (χ2n) is 7.28. The Kier molecular flexibility index (Phi) is 4.21. The fourth-order valence-corrected chi connectivity index (χ4v) is 4.15. The molecule has 0 bridgehead atoms. The second-order valence-corrected chi connectivity index (χ2v) is 7.28. The van der Waals surface area contributed by atoms with Gasteiger partial charge in [0, 0.05) is 24.7 Å². The summed E-state index contributed by atoms with van der Waals surface area (Å²) in [6, 6.07) is 0. The summed E-state index contributed by atoms with van der Waals surface area (Å²) in [6.07, 6.45) is 0.0881. The van der Waals surface area contributed by atoms with Crippen molar-refractivity contribution in [3.05, 3.63) is 12.2 Å². The Morgan fingerprint density at radius 2 is 1.87 bits per heavy atom. The molecule has 6 heteroatoms. The van der Waals surface area contributed by atoms with Crippen molar-refractivity contribution >= 4 is 11.6 Å². The summed E-state index contributed by atoms with van der Waals surface area (Å²) in [5.74, 6) is -1.59. The number of fused-ring (bicyclic) bond motifs is 1. The van der Waals surface area contributed by atoms with Gasteiger partial charge in [-0.15, -0.1) is 0 Å². The molecule has 128 valence electrons. The van der Waals surface area contributed by atoms with Crippen LogP contribution in [0.2, 0.25) is 0 Å². The van der Waals surface area contributed by atoms with Crippen LogP contribution in [0.1, 0.15) is 33.1 Å². The number of hydrogen-bond donors (Lipinski definition) is 3. The van der Waals surface area contributed by atoms with Crippen LogP contribution in [-0.4, -0.2) is 56.9 Å². The van der Waals surface area contributed by atoms with Gasteiger partial charge in [0.2, 0.25) is 0 Å². The Morgan fingerprint density at radius 3 is 2.48 bits per heavy atom. The van der Waals surface area contributed by atoms with E-state index >= 15 is 0 Å². The molecule has 1 heterocycles. The van der Waals surface area contributed by atoms with Crippen molar-refractivity contribution in [2.24, 2.45) is 17.8 Å². The third-order valence-electron chi connectivity index (χ3n) is 5.82. The summed E-state index contributed by atoms with van der Waals surface area (Å²) in [7, 11) is 0. The lowest BCUT2D eigenvalue weighted by atomic mass is 9.66. The molecule has 0 spiro atoms. The highest BCUT2D eigenvalue weighted by Crippen LogP contribution is 2.43. The Balaban J connectivity index is 1.86. The quantitative estimate of drug-likeness (QED) is 0.626. The van der Waals surface area contributed by atoms with E-state index in [1.807, 2.05) is 0 Å². The molecule has 1 saturated heterocycles. The zero-order chi connectivity index (χ0) is 16.9. The van der Waals surface area contributed by atoms with Crippen LogP contribution >= 0.6 is 0 Å². The number of ketones is 2. The third kappa shape index (κ3) is 2.67. The van der Waals surface area contributed by atoms with Gasteiger partial charge in [0.25, 0.3) is 0 Å². The molecule has 8 unspecified atom stereocenters. The SMILES string of the molecule is CC1C(O)C(C)C2OC(C3(O)C=CC(=O)CC3)CC(=O)C2C1O. The van der Waals surface area contributed by atoms with Crippen LogP contribution in [0.4, 0.5) is 0 Å². The van der Waals surface area contributed by atoms with Crippen molar-refractivity contribution < 1.29 is 29.6 Å². The van der Waals surface area contributed by atoms with E-state index in [9.17, 15) is 24.9 Å². The van der Waals surface area contributed by atoms with Gasteiger partial charge in [0.1, 0.15) is 11.4 Å². The molecule has 0 aromatic rings. The Labute approximate surface area is 135 Å². The number of carbonyl (C=O) groups is 2. The van der Waals surface area contributed by atoms with Crippen LogP contribution in [-0.2, 0) is 14.3 Å². The fraction of sp³-hybridized carbons (Fsp3) is 0.765. The first-order valence-electron chi connectivity index (χ1n) is 8.23. The Morgan fingerprint density at radius 1 is 1.17 bits per heavy atom. The van der Waals surface area contributed by atoms with Crippen LogP contribution in [0.25, 0.3) is 0 Å². The van der Waals surface area contributed by atoms with Gasteiger partial charge < -0.3 is 20.1 Å². The van der Waals surface area contributed by atoms with Crippen LogP contribution in [0.3, 0.4) is 0 Å². The molecular weight excluding hydrogens is 300 g/mol. The predicted molar refractivity (Wildman–Crippen MR) is 80.4 cm³/mol. The maximum Gasteiger partial charge on any atom is 0.155 e. The smallest absolute Gasteiger partial charge is 0.155 e. The van der Waals surface area contributed by atoms with Gasteiger partial charge in [-0.25, -0.2) is 0 Å². The van der Waals surface area contributed by atoms with Crippen LogP contribution in [0.15, 0.2) is 12.2 Å². The highest BCUT2D eigenvalue weighted by Gasteiger charge is 2.55. The van der Waals surface area contributed by atoms with Crippen molar-refractivity contribution in [1.82, 2.24) is 0 Å². The van der Waals surface area contributed by atoms with Gasteiger partial charge in [-0.1, -0.05) is 13.8 Å². The first-order valence-corrected chi connectivity index (χ1v) is 8.23. The minimum absolute atomic E-state index is 0.00277. The van der Waals surface area contributed by atoms with Crippen molar-refractivity contribution in [3.63, 3.8) is 0 Å². The predicted octanol–water partition coefficient (Wildman–Crippen LogP) is -0.0130. The summed E-state index contributed by atoms with van der Waals surface area (Å²) in [4.78, 5) is 23.9. The number of aliphatic hydroxyl groups is 3. The van der Waals surface area contributed by atoms with Gasteiger partial charge in [-0.3, -0.25) is 9.59 Å². The maximum atomic E-state index is 12.6. The van der Waals surface area contributed by atoms with E-state index in [0.717, 1.165) is 0 Å². The molecule has 0 amide bonds. The number of hydrogen-bond acceptors (Lipinski definition) is 6. The van der Waals surface area contributed by atoms with E-state index < -0.39 is 41.9 Å². The number of rotatable bonds is 1. The van der Waals surface area contributed by atoms with Crippen molar-refractivity contribution in [3.8, 4) is 0 Å². The highest BCUT2D eigenvalue weighted by atomic mass is 16.5. The molecule has 3 N–H and O–H groups in total. The molecule has 2 fully saturated rings. The lowest BCUT2D eigenvalue weighted by molar-refractivity contribution is -0.223. The van der Waals surface area contributed by atoms with Crippen molar-refractivity contribution in [1.29, 1.82) is 0 Å². The third-order valence-corrected chi connectivity index (χ3v) is 5.82. The molecule has 0 aromatic carbocycles. The number of allylic oxidation sites excluding steroid dienone is 1. The standard InChI is InChI=1S/C17H24O6/c1-8-14(20)9(2)16-13(15(8)21)11(19)7-12(23-16)17(22)5-3-10(18)4-6-17/h3,5,8-9,12-16,20-22H,4,6-7H2,1-2H3. The molecule has 8 atom stereocenters. The molecule has 0 aromatic heterocycles.